The number of hydrazone groups is 1. The largest absolute Gasteiger partial charge is 0.416 e. The van der Waals surface area contributed by atoms with E-state index in [4.69, 9.17) is 0 Å². The van der Waals surface area contributed by atoms with Gasteiger partial charge in [0.05, 0.1) is 5.56 Å². The van der Waals surface area contributed by atoms with Gasteiger partial charge in [-0.25, -0.2) is 5.43 Å². The van der Waals surface area contributed by atoms with Gasteiger partial charge < -0.3 is 9.80 Å². The Bertz CT molecular complexity index is 880. The summed E-state index contributed by atoms with van der Waals surface area (Å²) in [5.41, 5.74) is 2.08. The monoisotopic (exact) mass is 396 g/mol. The van der Waals surface area contributed by atoms with E-state index in [-0.39, 0.29) is 31.3 Å². The molecule has 0 bridgehead atoms. The van der Waals surface area contributed by atoms with Crippen LogP contribution in [0.3, 0.4) is 0 Å². The average molecular weight is 396 g/mol. The number of halogens is 3. The number of aromatic amines is 1. The third kappa shape index (κ3) is 4.24. The molecule has 0 spiro atoms. The van der Waals surface area contributed by atoms with Crippen molar-refractivity contribution in [1.29, 1.82) is 0 Å². The van der Waals surface area contributed by atoms with Gasteiger partial charge in [-0.2, -0.15) is 23.5 Å². The number of rotatable bonds is 4. The van der Waals surface area contributed by atoms with Crippen molar-refractivity contribution in [3.8, 4) is 0 Å². The highest BCUT2D eigenvalue weighted by atomic mass is 19.4. The van der Waals surface area contributed by atoms with E-state index in [9.17, 15) is 22.8 Å². The fourth-order valence-electron chi connectivity index (χ4n) is 2.57. The molecule has 3 rings (SSSR count). The first kappa shape index (κ1) is 19.3. The lowest BCUT2D eigenvalue weighted by Crippen LogP contribution is -2.53. The number of hydrogen-bond acceptors (Lipinski definition) is 7. The van der Waals surface area contributed by atoms with E-state index in [2.05, 4.69) is 31.2 Å². The van der Waals surface area contributed by atoms with Crippen LogP contribution in [-0.2, 0) is 15.8 Å². The molecule has 13 heteroatoms. The van der Waals surface area contributed by atoms with Crippen LogP contribution in [0.2, 0.25) is 0 Å². The minimum atomic E-state index is -4.44. The van der Waals surface area contributed by atoms with Gasteiger partial charge in [-0.1, -0.05) is 5.10 Å². The Morgan fingerprint density at radius 2 is 1.96 bits per heavy atom. The summed E-state index contributed by atoms with van der Waals surface area (Å²) in [6, 6.07) is 4.31. The number of carbonyl (C=O) groups excluding carboxylic acids is 2. The zero-order valence-corrected chi connectivity index (χ0v) is 14.6. The van der Waals surface area contributed by atoms with Crippen LogP contribution in [0.15, 0.2) is 29.4 Å². The fraction of sp³-hybridized carbons (Fsp3) is 0.333. The Labute approximate surface area is 156 Å². The maximum absolute atomic E-state index is 12.7. The van der Waals surface area contributed by atoms with Crippen LogP contribution < -0.4 is 10.3 Å². The maximum atomic E-state index is 12.7. The van der Waals surface area contributed by atoms with E-state index in [0.29, 0.717) is 5.69 Å². The second-order valence-electron chi connectivity index (χ2n) is 5.86. The maximum Gasteiger partial charge on any atom is 0.416 e. The summed E-state index contributed by atoms with van der Waals surface area (Å²) in [5.74, 6) is -0.787. The Morgan fingerprint density at radius 3 is 2.54 bits per heavy atom. The molecule has 2 heterocycles. The molecule has 2 amide bonds. The fourth-order valence-corrected chi connectivity index (χ4v) is 2.57. The molecule has 1 aliphatic heterocycles. The number of hydrogen-bond donors (Lipinski definition) is 2. The lowest BCUT2D eigenvalue weighted by molar-refractivity contribution is -0.137. The van der Waals surface area contributed by atoms with Crippen molar-refractivity contribution in [2.45, 2.75) is 13.1 Å². The number of aromatic nitrogens is 4. The van der Waals surface area contributed by atoms with Crippen LogP contribution >= 0.6 is 0 Å². The highest BCUT2D eigenvalue weighted by Crippen LogP contribution is 2.30. The molecule has 1 aliphatic rings. The molecule has 2 aromatic rings. The average Bonchev–Trinajstić information content (AvgIpc) is 3.18. The summed E-state index contributed by atoms with van der Waals surface area (Å²) < 4.78 is 38.0. The van der Waals surface area contributed by atoms with E-state index in [1.165, 1.54) is 28.9 Å². The summed E-state index contributed by atoms with van der Waals surface area (Å²) in [7, 11) is 0. The van der Waals surface area contributed by atoms with Crippen LogP contribution in [-0.4, -0.2) is 62.7 Å². The van der Waals surface area contributed by atoms with Crippen LogP contribution in [0.4, 0.5) is 24.8 Å². The molecule has 0 saturated carbocycles. The third-order valence-electron chi connectivity index (χ3n) is 3.99. The highest BCUT2D eigenvalue weighted by molar-refractivity contribution is 6.38. The van der Waals surface area contributed by atoms with Crippen LogP contribution in [0, 0.1) is 0 Å². The van der Waals surface area contributed by atoms with E-state index >= 15 is 0 Å². The van der Waals surface area contributed by atoms with Crippen LogP contribution in [0.25, 0.3) is 0 Å². The van der Waals surface area contributed by atoms with Crippen molar-refractivity contribution in [2.24, 2.45) is 5.10 Å². The minimum absolute atomic E-state index is 0.0790. The molecule has 148 valence electrons. The zero-order valence-electron chi connectivity index (χ0n) is 14.6. The van der Waals surface area contributed by atoms with Crippen LogP contribution in [0.5, 0.6) is 0 Å². The molecular formula is C15H15F3N8O2. The first-order valence-corrected chi connectivity index (χ1v) is 8.06. The number of nitrogens with one attached hydrogen (secondary N) is 2. The summed E-state index contributed by atoms with van der Waals surface area (Å²) in [4.78, 5) is 27.4. The van der Waals surface area contributed by atoms with E-state index < -0.39 is 23.6 Å². The second kappa shape index (κ2) is 7.62. The molecular weight excluding hydrogens is 381 g/mol. The van der Waals surface area contributed by atoms with Gasteiger partial charge in [-0.05, 0) is 36.4 Å². The molecule has 0 radical (unpaired) electrons. The lowest BCUT2D eigenvalue weighted by atomic mass is 10.1. The molecule has 2 N–H and O–H groups in total. The Balaban J connectivity index is 1.62. The number of nitrogens with zero attached hydrogens (tertiary/aromatic N) is 6. The number of alkyl halides is 3. The predicted molar refractivity (Wildman–Crippen MR) is 91.3 cm³/mol. The third-order valence-corrected chi connectivity index (χ3v) is 3.99. The number of piperazine rings is 1. The van der Waals surface area contributed by atoms with Crippen LogP contribution in [0.1, 0.15) is 12.5 Å². The first-order valence-electron chi connectivity index (χ1n) is 8.06. The molecule has 0 aliphatic carbocycles. The minimum Gasteiger partial charge on any atom is -0.326 e. The van der Waals surface area contributed by atoms with Gasteiger partial charge in [0.2, 0.25) is 5.91 Å². The van der Waals surface area contributed by atoms with Crippen molar-refractivity contribution >= 4 is 29.2 Å². The lowest BCUT2D eigenvalue weighted by Gasteiger charge is -2.34. The Kier molecular flexibility index (Phi) is 5.24. The predicted octanol–water partition coefficient (Wildman–Crippen LogP) is 0.882. The molecule has 1 aromatic heterocycles. The molecule has 1 fully saturated rings. The van der Waals surface area contributed by atoms with Gasteiger partial charge in [0.1, 0.15) is 12.3 Å². The van der Waals surface area contributed by atoms with Crippen molar-refractivity contribution in [1.82, 2.24) is 25.5 Å². The topological polar surface area (TPSA) is 119 Å². The van der Waals surface area contributed by atoms with Crippen molar-refractivity contribution in [3.63, 3.8) is 0 Å². The zero-order chi connectivity index (χ0) is 20.3. The summed E-state index contributed by atoms with van der Waals surface area (Å²) in [6.45, 7) is 1.61. The van der Waals surface area contributed by atoms with Gasteiger partial charge in [-0.15, -0.1) is 5.10 Å². The number of anilines is 2. The van der Waals surface area contributed by atoms with Gasteiger partial charge in [-0.3, -0.25) is 9.59 Å². The smallest absolute Gasteiger partial charge is 0.326 e. The number of carbonyl (C=O) groups is 2. The van der Waals surface area contributed by atoms with Crippen molar-refractivity contribution in [2.75, 3.05) is 30.0 Å². The van der Waals surface area contributed by atoms with Gasteiger partial charge in [0, 0.05) is 18.8 Å². The standard InChI is InChI=1S/C15H15F3N8O2/c1-9(19-20-14-21-23-24-22-14)13(28)25-6-7-26(12(27)8-25)11-4-2-10(3-5-11)15(16,17)18/h2-5H,6-8H2,1H3,(H2,20,21,22,23,24). The summed E-state index contributed by atoms with van der Waals surface area (Å²) in [6.07, 6.45) is -4.44. The van der Waals surface area contributed by atoms with Crippen molar-refractivity contribution in [3.05, 3.63) is 29.8 Å². The highest BCUT2D eigenvalue weighted by Gasteiger charge is 2.32. The number of amides is 2. The molecule has 10 nitrogen and oxygen atoms in total. The van der Waals surface area contributed by atoms with Crippen molar-refractivity contribution < 1.29 is 22.8 Å². The number of benzene rings is 1. The van der Waals surface area contributed by atoms with Gasteiger partial charge >= 0.3 is 6.18 Å². The second-order valence-corrected chi connectivity index (χ2v) is 5.86. The molecule has 1 saturated heterocycles. The molecule has 28 heavy (non-hydrogen) atoms. The number of tetrazole rings is 1. The first-order chi connectivity index (χ1) is 13.3. The SMILES string of the molecule is CC(=NNc1nn[nH]n1)C(=O)N1CCN(c2ccc(C(F)(F)F)cc2)C(=O)C1. The molecule has 0 unspecified atom stereocenters. The van der Waals surface area contributed by atoms with E-state index in [0.717, 1.165) is 12.1 Å². The van der Waals surface area contributed by atoms with Gasteiger partial charge in [0.25, 0.3) is 11.9 Å². The van der Waals surface area contributed by atoms with E-state index in [1.54, 1.807) is 0 Å². The Morgan fingerprint density at radius 1 is 1.25 bits per heavy atom. The summed E-state index contributed by atoms with van der Waals surface area (Å²) in [5, 5.41) is 16.6. The molecule has 1 aromatic carbocycles. The van der Waals surface area contributed by atoms with Gasteiger partial charge in [0.15, 0.2) is 0 Å². The Hall–Kier alpha value is -3.51. The normalized spacial score (nSPS) is 15.7. The summed E-state index contributed by atoms with van der Waals surface area (Å²) >= 11 is 0. The number of H-pyrrole nitrogens is 1. The molecule has 0 atom stereocenters. The van der Waals surface area contributed by atoms with E-state index in [1.807, 2.05) is 0 Å². The quantitative estimate of drug-likeness (QED) is 0.585.